The zero-order valence-electron chi connectivity index (χ0n) is 55.0. The number of nitrogens with zero attached hydrogens (tertiary/aromatic N) is 3. The Labute approximate surface area is 544 Å². The number of carboxylic acid groups (broad SMARTS) is 2. The van der Waals surface area contributed by atoms with Crippen LogP contribution in [0.3, 0.4) is 0 Å². The second-order valence-corrected chi connectivity index (χ2v) is 26.4. The Bertz CT molecular complexity index is 2570. The predicted octanol–water partition coefficient (Wildman–Crippen LogP) is 13.0. The summed E-state index contributed by atoms with van der Waals surface area (Å²) in [6.07, 6.45) is 41.3. The van der Waals surface area contributed by atoms with E-state index in [4.69, 9.17) is 4.74 Å². The van der Waals surface area contributed by atoms with Crippen molar-refractivity contribution >= 4 is 74.8 Å². The van der Waals surface area contributed by atoms with Gasteiger partial charge in [-0.1, -0.05) is 220 Å². The Kier molecular flexibility index (Phi) is 38.0. The number of ether oxygens (including phenoxy) is 1. The first kappa shape index (κ1) is 80.3. The SMILES string of the molecule is CCC(=O)O[C@]1(C(=O)SCF)[C@H](C)C[C@H]2[C@@H]3C[C@H](F)C4=CC(=O)C=C[C@]4(C)[C@@]3(F)[C@@H](O)C[C@@]21C.CCCCCCCCCCCCCCCCCC(=O)[O-].CCCCCCCCCCCCCCCCCC(=O)[O-].Cn1c(=O)c2[nH]cnc2n(C)c1=O.[Mg+2]. The molecule has 2 heterocycles. The van der Waals surface area contributed by atoms with E-state index in [1.165, 1.54) is 204 Å². The number of carbonyl (C=O) groups is 5. The number of thioether (sulfide) groups is 1. The van der Waals surface area contributed by atoms with Gasteiger partial charge in [0.15, 0.2) is 22.7 Å². The molecule has 6 rings (SSSR count). The van der Waals surface area contributed by atoms with Crippen LogP contribution in [0.5, 0.6) is 0 Å². The van der Waals surface area contributed by atoms with Gasteiger partial charge in [-0.15, -0.1) is 0 Å². The minimum Gasteiger partial charge on any atom is -0.550 e. The molecule has 88 heavy (non-hydrogen) atoms. The minimum atomic E-state index is -2.30. The number of hydrogen-bond donors (Lipinski definition) is 2. The number of aryl methyl sites for hydroxylation is 1. The number of halogens is 3. The summed E-state index contributed by atoms with van der Waals surface area (Å²) in [6, 6.07) is -1.02. The molecule has 2 N–H and O–H groups in total. The number of fused-ring (bicyclic) bond motifs is 6. The number of aromatic amines is 1. The van der Waals surface area contributed by atoms with Crippen LogP contribution in [0.15, 0.2) is 39.7 Å². The van der Waals surface area contributed by atoms with Gasteiger partial charge in [0.25, 0.3) is 5.56 Å². The van der Waals surface area contributed by atoms with Gasteiger partial charge < -0.3 is 34.6 Å². The standard InChI is InChI=1S/C25H31F3O5S.2C18H36O2.C7H8N4O2.Mg/c1-5-20(31)33-25(21(32)34-12-26)13(2)8-15-16-10-18(27)17-9-14(29)6-7-22(17,3)24(16,28)19(30)11-23(15,25)4;2*1-2-3-4-5-6-7-8-9-10-11-12-13-14-15-16-17-18(19)20;1-10-5-4(8-3-9-5)6(12)11(2)7(10)13;/h6-7,9,13,15-16,18-19,30H,5,8,10-12H2,1-4H3;2*2-17H2,1H3,(H,19,20);3H,1-2H3,(H,8,9);/q;;;;+2/p-2/t13-,15+,16+,18+,19+,22+,23+,24+,25+;;;;/m1..../s1. The van der Waals surface area contributed by atoms with E-state index in [0.717, 1.165) is 36.3 Å². The van der Waals surface area contributed by atoms with Crippen LogP contribution in [-0.4, -0.2) is 106 Å². The van der Waals surface area contributed by atoms with Crippen molar-refractivity contribution in [1.82, 2.24) is 19.1 Å². The van der Waals surface area contributed by atoms with E-state index in [-0.39, 0.29) is 78.4 Å². The van der Waals surface area contributed by atoms with E-state index in [2.05, 4.69) is 23.8 Å². The number of rotatable bonds is 36. The molecule has 9 atom stereocenters. The summed E-state index contributed by atoms with van der Waals surface area (Å²) in [5.41, 5.74) is -6.83. The average molecular weight is 1270 g/mol. The zero-order chi connectivity index (χ0) is 64.6. The number of carbonyl (C=O) groups excluding carboxylic acids is 5. The Morgan fingerprint density at radius 3 is 1.55 bits per heavy atom. The average Bonchev–Trinajstić information content (AvgIpc) is 1.30. The topological polar surface area (TPSA) is 234 Å². The quantitative estimate of drug-likeness (QED) is 0.0367. The van der Waals surface area contributed by atoms with Crippen LogP contribution in [0, 0.1) is 28.6 Å². The molecule has 2 aromatic heterocycles. The van der Waals surface area contributed by atoms with Gasteiger partial charge in [0, 0.05) is 55.1 Å². The molecule has 0 aliphatic heterocycles. The van der Waals surface area contributed by atoms with Crippen LogP contribution >= 0.6 is 11.8 Å². The van der Waals surface area contributed by atoms with E-state index < -0.39 is 86.9 Å². The molecular weight excluding hydrogens is 1160 g/mol. The van der Waals surface area contributed by atoms with Crippen molar-refractivity contribution in [3.8, 4) is 0 Å². The molecule has 0 saturated heterocycles. The molecule has 496 valence electrons. The Morgan fingerprint density at radius 1 is 0.705 bits per heavy atom. The van der Waals surface area contributed by atoms with Crippen LogP contribution in [0.4, 0.5) is 13.2 Å². The van der Waals surface area contributed by atoms with Crippen molar-refractivity contribution in [2.45, 2.75) is 296 Å². The number of unbranched alkanes of at least 4 members (excludes halogenated alkanes) is 28. The molecule has 0 unspecified atom stereocenters. The molecule has 0 amide bonds. The van der Waals surface area contributed by atoms with Crippen molar-refractivity contribution in [2.24, 2.45) is 42.7 Å². The molecule has 20 heteroatoms. The predicted molar refractivity (Wildman–Crippen MR) is 342 cm³/mol. The number of nitrogens with one attached hydrogen (secondary N) is 1. The van der Waals surface area contributed by atoms with Crippen LogP contribution in [0.25, 0.3) is 11.2 Å². The summed E-state index contributed by atoms with van der Waals surface area (Å²) in [5, 5.41) is 31.2. The first-order valence-electron chi connectivity index (χ1n) is 33.4. The Balaban J connectivity index is 0.000000424. The van der Waals surface area contributed by atoms with Crippen LogP contribution in [0.1, 0.15) is 273 Å². The van der Waals surface area contributed by atoms with Crippen molar-refractivity contribution in [1.29, 1.82) is 0 Å². The van der Waals surface area contributed by atoms with Gasteiger partial charge in [0.2, 0.25) is 5.12 Å². The number of aliphatic hydroxyl groups is 1. The second-order valence-electron chi connectivity index (χ2n) is 25.6. The Morgan fingerprint density at radius 2 is 1.14 bits per heavy atom. The fourth-order valence-corrected chi connectivity index (χ4v) is 15.0. The maximum Gasteiger partial charge on any atom is 2.00 e. The van der Waals surface area contributed by atoms with Gasteiger partial charge in [-0.2, -0.15) is 0 Å². The molecule has 3 saturated carbocycles. The van der Waals surface area contributed by atoms with Gasteiger partial charge in [-0.3, -0.25) is 28.3 Å². The fourth-order valence-electron chi connectivity index (χ4n) is 14.2. The van der Waals surface area contributed by atoms with Crippen molar-refractivity contribution in [2.75, 3.05) is 6.01 Å². The van der Waals surface area contributed by atoms with Gasteiger partial charge in [0.1, 0.15) is 17.7 Å². The van der Waals surface area contributed by atoms with E-state index in [1.54, 1.807) is 27.8 Å². The summed E-state index contributed by atoms with van der Waals surface area (Å²) in [4.78, 5) is 87.6. The molecule has 2 aromatic rings. The smallest absolute Gasteiger partial charge is 0.550 e. The Hall–Kier alpha value is -3.75. The van der Waals surface area contributed by atoms with Crippen molar-refractivity contribution in [3.05, 3.63) is 51.0 Å². The van der Waals surface area contributed by atoms with E-state index in [9.17, 15) is 53.3 Å². The largest absolute Gasteiger partial charge is 2.00 e. The van der Waals surface area contributed by atoms with Crippen LogP contribution in [-0.2, 0) is 42.8 Å². The zero-order valence-corrected chi connectivity index (χ0v) is 57.2. The minimum absolute atomic E-state index is 0. The normalized spacial score (nSPS) is 24.8. The molecule has 3 fully saturated rings. The number of H-pyrrole nitrogens is 1. The van der Waals surface area contributed by atoms with E-state index >= 15 is 8.78 Å². The number of aromatic nitrogens is 4. The fraction of sp³-hybridized carbons (Fsp3) is 0.794. The van der Waals surface area contributed by atoms with Crippen molar-refractivity contribution in [3.63, 3.8) is 0 Å². The van der Waals surface area contributed by atoms with Gasteiger partial charge in [0.05, 0.1) is 12.4 Å². The maximum absolute atomic E-state index is 17.2. The third-order valence-electron chi connectivity index (χ3n) is 19.2. The first-order valence-corrected chi connectivity index (χ1v) is 34.4. The van der Waals surface area contributed by atoms with Gasteiger partial charge >= 0.3 is 34.7 Å². The number of alkyl halides is 3. The number of aliphatic hydroxyl groups excluding tert-OH is 1. The molecular formula is C68H109F3MgN4O11S. The second kappa shape index (κ2) is 41.7. The molecule has 0 bridgehead atoms. The number of aliphatic carboxylic acids is 2. The van der Waals surface area contributed by atoms with Gasteiger partial charge in [-0.05, 0) is 87.3 Å². The number of allylic oxidation sites excluding steroid dienone is 4. The molecule has 0 radical (unpaired) electrons. The van der Waals surface area contributed by atoms with E-state index in [1.807, 2.05) is 0 Å². The van der Waals surface area contributed by atoms with Crippen LogP contribution in [0.2, 0.25) is 0 Å². The molecule has 4 aliphatic carbocycles. The third kappa shape index (κ3) is 22.5. The molecule has 0 aromatic carbocycles. The number of ketones is 1. The number of imidazole rings is 1. The summed E-state index contributed by atoms with van der Waals surface area (Å²) in [7, 11) is 3.01. The third-order valence-corrected chi connectivity index (χ3v) is 19.9. The van der Waals surface area contributed by atoms with Crippen LogP contribution < -0.4 is 21.5 Å². The van der Waals surface area contributed by atoms with Crippen molar-refractivity contribution < 1.29 is 57.2 Å². The maximum atomic E-state index is 17.2. The summed E-state index contributed by atoms with van der Waals surface area (Å²) >= 11 is 0.396. The van der Waals surface area contributed by atoms with E-state index in [0.29, 0.717) is 22.9 Å². The summed E-state index contributed by atoms with van der Waals surface area (Å²) < 4.78 is 54.2. The monoisotopic (exact) mass is 1270 g/mol. The molecule has 15 nitrogen and oxygen atoms in total. The number of esters is 1. The first-order chi connectivity index (χ1) is 41.5. The number of carboxylic acids is 2. The summed E-state index contributed by atoms with van der Waals surface area (Å²) in [6.45, 7) is 11.0. The molecule has 0 spiro atoms. The summed E-state index contributed by atoms with van der Waals surface area (Å²) in [5.74, 6) is -5.10. The molecule has 4 aliphatic rings. The number of hydrogen-bond acceptors (Lipinski definition) is 13. The van der Waals surface area contributed by atoms with Gasteiger partial charge in [-0.25, -0.2) is 22.9 Å².